The molecule has 7 heteroatoms. The first-order valence-electron chi connectivity index (χ1n) is 8.07. The van der Waals surface area contributed by atoms with Crippen LogP contribution in [0.1, 0.15) is 41.7 Å². The molecule has 7 nitrogen and oxygen atoms in total. The molecule has 2 amide bonds. The first-order chi connectivity index (χ1) is 11.1. The number of aromatic nitrogens is 1. The largest absolute Gasteiger partial charge is 0.383 e. The molecule has 2 aliphatic rings. The normalized spacial score (nSPS) is 20.5. The number of methoxy groups -OCH3 is 1. The standard InChI is InChI=1S/C16H23N3O4/c1-12-13(11-23-17-12)15(21)18-7-5-16(6-8-18)4-3-14(20)19(16)9-10-22-2/h11H,3-10H2,1-2H3. The van der Waals surface area contributed by atoms with Gasteiger partial charge in [0.1, 0.15) is 11.8 Å². The Hall–Kier alpha value is -1.89. The van der Waals surface area contributed by atoms with Crippen LogP contribution in [0.2, 0.25) is 0 Å². The predicted molar refractivity (Wildman–Crippen MR) is 81.9 cm³/mol. The molecular formula is C16H23N3O4. The van der Waals surface area contributed by atoms with Gasteiger partial charge < -0.3 is 19.1 Å². The minimum Gasteiger partial charge on any atom is -0.383 e. The van der Waals surface area contributed by atoms with Crippen LogP contribution in [0.3, 0.4) is 0 Å². The van der Waals surface area contributed by atoms with Crippen LogP contribution < -0.4 is 0 Å². The lowest BCUT2D eigenvalue weighted by Gasteiger charge is -2.45. The van der Waals surface area contributed by atoms with Crippen LogP contribution in [0.5, 0.6) is 0 Å². The Kier molecular flexibility index (Phi) is 4.39. The maximum atomic E-state index is 12.5. The van der Waals surface area contributed by atoms with Crippen molar-refractivity contribution in [3.8, 4) is 0 Å². The van der Waals surface area contributed by atoms with E-state index in [4.69, 9.17) is 9.26 Å². The van der Waals surface area contributed by atoms with Crippen molar-refractivity contribution in [3.63, 3.8) is 0 Å². The number of aryl methyl sites for hydroxylation is 1. The average Bonchev–Trinajstić information content (AvgIpc) is 3.11. The van der Waals surface area contributed by atoms with Gasteiger partial charge >= 0.3 is 0 Å². The fourth-order valence-electron chi connectivity index (χ4n) is 3.73. The van der Waals surface area contributed by atoms with Crippen molar-refractivity contribution in [2.45, 2.75) is 38.1 Å². The molecule has 3 heterocycles. The summed E-state index contributed by atoms with van der Waals surface area (Å²) in [6, 6.07) is 0. The molecule has 0 unspecified atom stereocenters. The number of hydrogen-bond donors (Lipinski definition) is 0. The van der Waals surface area contributed by atoms with E-state index in [-0.39, 0.29) is 17.4 Å². The van der Waals surface area contributed by atoms with Crippen LogP contribution in [0.15, 0.2) is 10.8 Å². The van der Waals surface area contributed by atoms with Crippen LogP contribution in [0.4, 0.5) is 0 Å². The number of hydrogen-bond acceptors (Lipinski definition) is 5. The average molecular weight is 321 g/mol. The van der Waals surface area contributed by atoms with E-state index in [1.807, 2.05) is 9.80 Å². The van der Waals surface area contributed by atoms with Gasteiger partial charge in [0.05, 0.1) is 12.3 Å². The summed E-state index contributed by atoms with van der Waals surface area (Å²) in [4.78, 5) is 28.5. The van der Waals surface area contributed by atoms with E-state index >= 15 is 0 Å². The summed E-state index contributed by atoms with van der Waals surface area (Å²) in [5, 5.41) is 3.77. The van der Waals surface area contributed by atoms with E-state index in [2.05, 4.69) is 5.16 Å². The second-order valence-corrected chi connectivity index (χ2v) is 6.37. The van der Waals surface area contributed by atoms with Crippen LogP contribution in [-0.2, 0) is 9.53 Å². The molecule has 1 aromatic rings. The Morgan fingerprint density at radius 2 is 2.13 bits per heavy atom. The number of carbonyl (C=O) groups is 2. The zero-order valence-electron chi connectivity index (χ0n) is 13.7. The molecule has 0 saturated carbocycles. The van der Waals surface area contributed by atoms with Gasteiger partial charge in [-0.1, -0.05) is 5.16 Å². The number of nitrogens with zero attached hydrogens (tertiary/aromatic N) is 3. The number of ether oxygens (including phenoxy) is 1. The number of amides is 2. The number of piperidine rings is 1. The highest BCUT2D eigenvalue weighted by Gasteiger charge is 2.47. The first kappa shape index (κ1) is 16.0. The Bertz CT molecular complexity index is 590. The van der Waals surface area contributed by atoms with Crippen molar-refractivity contribution >= 4 is 11.8 Å². The van der Waals surface area contributed by atoms with Gasteiger partial charge in [-0.25, -0.2) is 0 Å². The summed E-state index contributed by atoms with van der Waals surface area (Å²) < 4.78 is 9.99. The van der Waals surface area contributed by atoms with Crippen molar-refractivity contribution in [2.24, 2.45) is 0 Å². The second-order valence-electron chi connectivity index (χ2n) is 6.37. The van der Waals surface area contributed by atoms with Gasteiger partial charge in [-0.3, -0.25) is 9.59 Å². The quantitative estimate of drug-likeness (QED) is 0.833. The van der Waals surface area contributed by atoms with E-state index in [0.29, 0.717) is 43.9 Å². The van der Waals surface area contributed by atoms with Gasteiger partial charge in [-0.2, -0.15) is 0 Å². The summed E-state index contributed by atoms with van der Waals surface area (Å²) >= 11 is 0. The van der Waals surface area contributed by atoms with Crippen molar-refractivity contribution in [3.05, 3.63) is 17.5 Å². The Labute approximate surface area is 135 Å². The van der Waals surface area contributed by atoms with Gasteiger partial charge in [-0.05, 0) is 26.2 Å². The number of rotatable bonds is 4. The Morgan fingerprint density at radius 1 is 1.39 bits per heavy atom. The zero-order valence-corrected chi connectivity index (χ0v) is 13.7. The molecular weight excluding hydrogens is 298 g/mol. The van der Waals surface area contributed by atoms with Crippen LogP contribution in [-0.4, -0.2) is 65.7 Å². The van der Waals surface area contributed by atoms with Crippen LogP contribution in [0.25, 0.3) is 0 Å². The van der Waals surface area contributed by atoms with E-state index in [1.165, 1.54) is 6.26 Å². The van der Waals surface area contributed by atoms with Crippen LogP contribution in [0, 0.1) is 6.92 Å². The molecule has 0 aromatic carbocycles. The SMILES string of the molecule is COCCN1C(=O)CCC12CCN(C(=O)c1conc1C)CC2. The lowest BCUT2D eigenvalue weighted by Crippen LogP contribution is -2.54. The van der Waals surface area contributed by atoms with Crippen molar-refractivity contribution in [2.75, 3.05) is 33.4 Å². The third kappa shape index (κ3) is 2.85. The molecule has 0 atom stereocenters. The lowest BCUT2D eigenvalue weighted by molar-refractivity contribution is -0.133. The highest BCUT2D eigenvalue weighted by molar-refractivity contribution is 5.95. The van der Waals surface area contributed by atoms with Gasteiger partial charge in [0.25, 0.3) is 5.91 Å². The molecule has 0 bridgehead atoms. The van der Waals surface area contributed by atoms with Crippen molar-refractivity contribution in [1.29, 1.82) is 0 Å². The van der Waals surface area contributed by atoms with E-state index in [0.717, 1.165) is 19.3 Å². The molecule has 0 aliphatic carbocycles. The fraction of sp³-hybridized carbons (Fsp3) is 0.688. The molecule has 23 heavy (non-hydrogen) atoms. The van der Waals surface area contributed by atoms with Gasteiger partial charge in [0, 0.05) is 38.7 Å². The zero-order chi connectivity index (χ0) is 16.4. The Balaban J connectivity index is 1.66. The molecule has 0 N–H and O–H groups in total. The second kappa shape index (κ2) is 6.31. The van der Waals surface area contributed by atoms with Crippen molar-refractivity contribution < 1.29 is 18.8 Å². The van der Waals surface area contributed by atoms with E-state index < -0.39 is 0 Å². The fourth-order valence-corrected chi connectivity index (χ4v) is 3.73. The van der Waals surface area contributed by atoms with Gasteiger partial charge in [0.2, 0.25) is 5.91 Å². The molecule has 2 fully saturated rings. The highest BCUT2D eigenvalue weighted by atomic mass is 16.5. The third-order valence-electron chi connectivity index (χ3n) is 5.16. The molecule has 1 spiro atoms. The molecule has 1 aromatic heterocycles. The molecule has 126 valence electrons. The molecule has 2 aliphatic heterocycles. The topological polar surface area (TPSA) is 75.9 Å². The summed E-state index contributed by atoms with van der Waals surface area (Å²) in [6.45, 7) is 4.26. The van der Waals surface area contributed by atoms with E-state index in [9.17, 15) is 9.59 Å². The van der Waals surface area contributed by atoms with Crippen molar-refractivity contribution in [1.82, 2.24) is 15.0 Å². The summed E-state index contributed by atoms with van der Waals surface area (Å²) in [5.41, 5.74) is 1.04. The minimum atomic E-state index is -0.101. The third-order valence-corrected chi connectivity index (χ3v) is 5.16. The summed E-state index contributed by atoms with van der Waals surface area (Å²) in [6.07, 6.45) is 4.52. The highest BCUT2D eigenvalue weighted by Crippen LogP contribution is 2.39. The molecule has 3 rings (SSSR count). The smallest absolute Gasteiger partial charge is 0.259 e. The predicted octanol–water partition coefficient (Wildman–Crippen LogP) is 1.23. The minimum absolute atomic E-state index is 0.0358. The maximum absolute atomic E-state index is 12.5. The summed E-state index contributed by atoms with van der Waals surface area (Å²) in [5.74, 6) is 0.170. The Morgan fingerprint density at radius 3 is 2.74 bits per heavy atom. The van der Waals surface area contributed by atoms with Gasteiger partial charge in [0.15, 0.2) is 0 Å². The maximum Gasteiger partial charge on any atom is 0.259 e. The monoisotopic (exact) mass is 321 g/mol. The lowest BCUT2D eigenvalue weighted by atomic mass is 9.84. The van der Waals surface area contributed by atoms with Gasteiger partial charge in [-0.15, -0.1) is 0 Å². The molecule has 2 saturated heterocycles. The molecule has 0 radical (unpaired) electrons. The first-order valence-corrected chi connectivity index (χ1v) is 8.07. The number of likely N-dealkylation sites (tertiary alicyclic amines) is 2. The van der Waals surface area contributed by atoms with E-state index in [1.54, 1.807) is 14.0 Å². The summed E-state index contributed by atoms with van der Waals surface area (Å²) in [7, 11) is 1.65. The van der Waals surface area contributed by atoms with Crippen LogP contribution >= 0.6 is 0 Å². The number of carbonyl (C=O) groups excluding carboxylic acids is 2.